The molecule has 1 atom stereocenters. The highest BCUT2D eigenvalue weighted by molar-refractivity contribution is 4.87. The number of rotatable bonds is 10. The van der Waals surface area contributed by atoms with Crippen LogP contribution in [0.4, 0.5) is 0 Å². The zero-order chi connectivity index (χ0) is 26.0. The van der Waals surface area contributed by atoms with Gasteiger partial charge in [-0.05, 0) is 66.6 Å². The molecule has 0 saturated heterocycles. The number of hydrogen-bond acceptors (Lipinski definition) is 3. The van der Waals surface area contributed by atoms with Gasteiger partial charge < -0.3 is 0 Å². The fourth-order valence-corrected chi connectivity index (χ4v) is 5.02. The Morgan fingerprint density at radius 2 is 0.853 bits per heavy atom. The van der Waals surface area contributed by atoms with Crippen molar-refractivity contribution in [3.63, 3.8) is 0 Å². The molecular weight excluding hydrogens is 414 g/mol. The minimum absolute atomic E-state index is 0. The van der Waals surface area contributed by atoms with Gasteiger partial charge >= 0.3 is 0 Å². The highest BCUT2D eigenvalue weighted by atomic mass is 14.3. The summed E-state index contributed by atoms with van der Waals surface area (Å²) in [5.41, 5.74) is 0. The fourth-order valence-electron chi connectivity index (χ4n) is 5.02. The Kier molecular flexibility index (Phi) is 30.8. The van der Waals surface area contributed by atoms with Crippen LogP contribution in [0, 0.1) is 93.2 Å². The summed E-state index contributed by atoms with van der Waals surface area (Å²) in [5.74, 6) is 5.95. The van der Waals surface area contributed by atoms with Crippen molar-refractivity contribution in [2.45, 2.75) is 124 Å². The monoisotopic (exact) mass is 478 g/mol. The van der Waals surface area contributed by atoms with E-state index in [-0.39, 0.29) is 20.8 Å². The standard InChI is InChI=1S/2C10H19N.C9H17N.2CH4/c1-7(2)10(8(3)4)9(5)6-11;1-8(2)10(9(3)4)6-5-7-11;1-7(2)9(5-6-10)8(3)4;;/h7-10H,1-5H3;8-10H,5-6H2,1-4H3;7-9H,5H2,1-4H3;2*1H4. The number of hydrogen-bond donors (Lipinski definition) is 0. The summed E-state index contributed by atoms with van der Waals surface area (Å²) >= 11 is 0. The lowest BCUT2D eigenvalue weighted by molar-refractivity contribution is 0.235. The predicted molar refractivity (Wildman–Crippen MR) is 153 cm³/mol. The molecule has 0 heterocycles. The van der Waals surface area contributed by atoms with Gasteiger partial charge in [-0.3, -0.25) is 0 Å². The van der Waals surface area contributed by atoms with Gasteiger partial charge in [0.15, 0.2) is 0 Å². The van der Waals surface area contributed by atoms with Crippen molar-refractivity contribution in [2.24, 2.45) is 59.2 Å². The fraction of sp³-hybridized carbons (Fsp3) is 0.903. The van der Waals surface area contributed by atoms with Gasteiger partial charge in [-0.1, -0.05) is 97.9 Å². The summed E-state index contributed by atoms with van der Waals surface area (Å²) in [5, 5.41) is 25.7. The van der Waals surface area contributed by atoms with E-state index in [9.17, 15) is 0 Å². The summed E-state index contributed by atoms with van der Waals surface area (Å²) in [6.45, 7) is 28.5. The molecule has 0 aliphatic rings. The molecule has 0 bridgehead atoms. The zero-order valence-electron chi connectivity index (χ0n) is 23.7. The molecule has 0 saturated carbocycles. The van der Waals surface area contributed by atoms with Gasteiger partial charge in [0.2, 0.25) is 0 Å². The quantitative estimate of drug-likeness (QED) is 0.314. The molecule has 0 aliphatic heterocycles. The van der Waals surface area contributed by atoms with Crippen molar-refractivity contribution in [2.75, 3.05) is 0 Å². The maximum absolute atomic E-state index is 8.75. The van der Waals surface area contributed by atoms with E-state index in [1.165, 1.54) is 0 Å². The Bertz CT molecular complexity index is 529. The lowest BCUT2D eigenvalue weighted by atomic mass is 9.77. The van der Waals surface area contributed by atoms with Crippen molar-refractivity contribution in [1.29, 1.82) is 15.8 Å². The molecule has 0 spiro atoms. The van der Waals surface area contributed by atoms with Gasteiger partial charge in [0.25, 0.3) is 0 Å². The molecule has 0 N–H and O–H groups in total. The molecule has 0 rings (SSSR count). The minimum atomic E-state index is 0. The maximum Gasteiger partial charge on any atom is 0.0655 e. The van der Waals surface area contributed by atoms with Gasteiger partial charge in [-0.25, -0.2) is 0 Å². The Morgan fingerprint density at radius 1 is 0.500 bits per heavy atom. The molecule has 0 aliphatic carbocycles. The molecule has 0 radical (unpaired) electrons. The highest BCUT2D eigenvalue weighted by Gasteiger charge is 2.23. The molecule has 3 nitrogen and oxygen atoms in total. The summed E-state index contributed by atoms with van der Waals surface area (Å²) in [6, 6.07) is 6.77. The summed E-state index contributed by atoms with van der Waals surface area (Å²) in [6.07, 6.45) is 2.47. The normalized spacial score (nSPS) is 11.4. The van der Waals surface area contributed by atoms with E-state index >= 15 is 0 Å². The molecule has 0 aromatic rings. The van der Waals surface area contributed by atoms with Gasteiger partial charge in [0.05, 0.1) is 18.2 Å². The van der Waals surface area contributed by atoms with Crippen molar-refractivity contribution in [3.8, 4) is 18.2 Å². The molecule has 0 aromatic heterocycles. The van der Waals surface area contributed by atoms with Crippen molar-refractivity contribution < 1.29 is 0 Å². The molecule has 0 aromatic carbocycles. The average molecular weight is 478 g/mol. The topological polar surface area (TPSA) is 71.4 Å². The summed E-state index contributed by atoms with van der Waals surface area (Å²) in [4.78, 5) is 0. The molecule has 202 valence electrons. The molecule has 0 amide bonds. The van der Waals surface area contributed by atoms with Gasteiger partial charge in [-0.2, -0.15) is 15.8 Å². The van der Waals surface area contributed by atoms with E-state index in [4.69, 9.17) is 15.8 Å². The van der Waals surface area contributed by atoms with E-state index in [0.29, 0.717) is 60.2 Å². The average Bonchev–Trinajstić information content (AvgIpc) is 2.65. The van der Waals surface area contributed by atoms with Crippen LogP contribution in [-0.2, 0) is 0 Å². The van der Waals surface area contributed by atoms with Crippen LogP contribution in [0.3, 0.4) is 0 Å². The van der Waals surface area contributed by atoms with Crippen molar-refractivity contribution >= 4 is 0 Å². The van der Waals surface area contributed by atoms with Crippen LogP contribution >= 0.6 is 0 Å². The Hall–Kier alpha value is -1.53. The van der Waals surface area contributed by atoms with E-state index in [1.54, 1.807) is 0 Å². The van der Waals surface area contributed by atoms with Crippen LogP contribution in [0.25, 0.3) is 0 Å². The van der Waals surface area contributed by atoms with Gasteiger partial charge in [0.1, 0.15) is 0 Å². The Morgan fingerprint density at radius 3 is 1.00 bits per heavy atom. The molecule has 3 heteroatoms. The lowest BCUT2D eigenvalue weighted by Gasteiger charge is -2.26. The summed E-state index contributed by atoms with van der Waals surface area (Å²) in [7, 11) is 0. The first kappa shape index (κ1) is 42.6. The van der Waals surface area contributed by atoms with Crippen LogP contribution < -0.4 is 0 Å². The first-order valence-corrected chi connectivity index (χ1v) is 12.8. The Labute approximate surface area is 217 Å². The van der Waals surface area contributed by atoms with Crippen molar-refractivity contribution in [1.82, 2.24) is 0 Å². The minimum Gasteiger partial charge on any atom is -0.198 e. The second kappa shape index (κ2) is 24.6. The second-order valence-corrected chi connectivity index (χ2v) is 11.3. The highest BCUT2D eigenvalue weighted by Crippen LogP contribution is 2.28. The molecule has 1 unspecified atom stereocenters. The lowest BCUT2D eigenvalue weighted by Crippen LogP contribution is -2.22. The first-order chi connectivity index (χ1) is 14.7. The second-order valence-electron chi connectivity index (χ2n) is 11.3. The first-order valence-electron chi connectivity index (χ1n) is 12.8. The van der Waals surface area contributed by atoms with Gasteiger partial charge in [-0.15, -0.1) is 0 Å². The van der Waals surface area contributed by atoms with E-state index < -0.39 is 0 Å². The molecule has 0 fully saturated rings. The smallest absolute Gasteiger partial charge is 0.0655 e. The summed E-state index contributed by atoms with van der Waals surface area (Å²) < 4.78 is 0. The van der Waals surface area contributed by atoms with Crippen LogP contribution in [0.5, 0.6) is 0 Å². The van der Waals surface area contributed by atoms with Crippen LogP contribution in [0.15, 0.2) is 0 Å². The molecule has 34 heavy (non-hydrogen) atoms. The van der Waals surface area contributed by atoms with Crippen LogP contribution in [0.1, 0.15) is 124 Å². The SMILES string of the molecule is C.C.CC(C)C(C(C)C)C(C)C#N.CC(C)C(CC#N)C(C)C.CC(C)C(CCC#N)C(C)C. The maximum atomic E-state index is 8.75. The van der Waals surface area contributed by atoms with E-state index in [1.807, 2.05) is 6.92 Å². The Balaban J connectivity index is -0.000000120. The van der Waals surface area contributed by atoms with Crippen molar-refractivity contribution in [3.05, 3.63) is 0 Å². The number of nitriles is 3. The third-order valence-electron chi connectivity index (χ3n) is 6.66. The molecular formula is C31H63N3. The van der Waals surface area contributed by atoms with Gasteiger partial charge in [0, 0.05) is 18.8 Å². The van der Waals surface area contributed by atoms with Crippen LogP contribution in [0.2, 0.25) is 0 Å². The predicted octanol–water partition coefficient (Wildman–Crippen LogP) is 10.4. The van der Waals surface area contributed by atoms with E-state index in [0.717, 1.165) is 12.3 Å². The van der Waals surface area contributed by atoms with E-state index in [2.05, 4.69) is 101 Å². The van der Waals surface area contributed by atoms with Crippen LogP contribution in [-0.4, -0.2) is 0 Å². The largest absolute Gasteiger partial charge is 0.198 e. The number of nitrogens with zero attached hydrogens (tertiary/aromatic N) is 3. The third kappa shape index (κ3) is 21.0. The zero-order valence-corrected chi connectivity index (χ0v) is 23.7. The third-order valence-corrected chi connectivity index (χ3v) is 6.66.